The number of ether oxygens (including phenoxy) is 1. The van der Waals surface area contributed by atoms with Crippen LogP contribution in [0, 0.1) is 6.92 Å². The van der Waals surface area contributed by atoms with Crippen LogP contribution in [0.4, 0.5) is 5.69 Å². The zero-order valence-electron chi connectivity index (χ0n) is 23.1. The molecule has 0 spiro atoms. The Kier molecular flexibility index (Phi) is 7.68. The molecular weight excluding hydrogens is 618 g/mol. The number of hydrogen-bond donors (Lipinski definition) is 1. The van der Waals surface area contributed by atoms with Gasteiger partial charge in [0.2, 0.25) is 21.8 Å². The van der Waals surface area contributed by atoms with E-state index in [4.69, 9.17) is 20.8 Å². The molecule has 0 unspecified atom stereocenters. The predicted octanol–water partition coefficient (Wildman–Crippen LogP) is 3.55. The maximum atomic E-state index is 13.7. The topological polar surface area (TPSA) is 162 Å². The number of sulfonamides is 1. The van der Waals surface area contributed by atoms with Gasteiger partial charge in [0.1, 0.15) is 0 Å². The summed E-state index contributed by atoms with van der Waals surface area (Å²) in [6.07, 6.45) is 3.88. The van der Waals surface area contributed by atoms with E-state index in [0.717, 1.165) is 29.0 Å². The number of morpholine rings is 1. The maximum absolute atomic E-state index is 13.7. The monoisotopic (exact) mass is 643 g/mol. The molecule has 3 aromatic heterocycles. The Labute approximate surface area is 252 Å². The average molecular weight is 644 g/mol. The van der Waals surface area contributed by atoms with Crippen LogP contribution < -0.4 is 4.72 Å². The van der Waals surface area contributed by atoms with Crippen molar-refractivity contribution in [1.29, 1.82) is 0 Å². The van der Waals surface area contributed by atoms with E-state index in [0.29, 0.717) is 47.7 Å². The Hall–Kier alpha value is -3.89. The van der Waals surface area contributed by atoms with Crippen LogP contribution in [0.25, 0.3) is 33.5 Å². The first-order chi connectivity index (χ1) is 20.5. The molecule has 0 atom stereocenters. The molecule has 4 heterocycles. The molecule has 0 radical (unpaired) electrons. The largest absolute Gasteiger partial charge is 0.419 e. The molecule has 1 aliphatic heterocycles. The van der Waals surface area contributed by atoms with Crippen LogP contribution in [0.2, 0.25) is 5.15 Å². The van der Waals surface area contributed by atoms with E-state index >= 15 is 0 Å². The van der Waals surface area contributed by atoms with Gasteiger partial charge in [-0.3, -0.25) is 9.62 Å². The zero-order chi connectivity index (χ0) is 30.4. The van der Waals surface area contributed by atoms with Crippen molar-refractivity contribution < 1.29 is 26.0 Å². The molecule has 1 saturated heterocycles. The molecule has 2 aromatic carbocycles. The quantitative estimate of drug-likeness (QED) is 0.246. The number of aryl methyl sites for hydroxylation is 1. The van der Waals surface area contributed by atoms with E-state index in [1.807, 2.05) is 6.92 Å². The molecule has 16 heteroatoms. The van der Waals surface area contributed by atoms with Crippen LogP contribution in [0.15, 0.2) is 64.2 Å². The molecule has 5 aromatic rings. The Morgan fingerprint density at radius 3 is 2.44 bits per heavy atom. The van der Waals surface area contributed by atoms with Crippen molar-refractivity contribution >= 4 is 48.2 Å². The summed E-state index contributed by atoms with van der Waals surface area (Å²) in [5, 5.41) is 13.2. The third kappa shape index (κ3) is 6.12. The first kappa shape index (κ1) is 29.2. The fourth-order valence-corrected chi connectivity index (χ4v) is 6.73. The summed E-state index contributed by atoms with van der Waals surface area (Å²) in [5.74, 6) is 0.557. The van der Waals surface area contributed by atoms with Gasteiger partial charge in [-0.05, 0) is 42.8 Å². The number of aromatic nitrogens is 5. The second-order valence-electron chi connectivity index (χ2n) is 10.1. The summed E-state index contributed by atoms with van der Waals surface area (Å²) < 4.78 is 66.1. The van der Waals surface area contributed by atoms with Crippen LogP contribution in [0.1, 0.15) is 11.5 Å². The lowest BCUT2D eigenvalue weighted by Crippen LogP contribution is -2.35. The van der Waals surface area contributed by atoms with Crippen LogP contribution in [-0.2, 0) is 31.3 Å². The lowest BCUT2D eigenvalue weighted by Gasteiger charge is -2.24. The molecule has 0 saturated carbocycles. The molecule has 0 amide bonds. The van der Waals surface area contributed by atoms with Crippen LogP contribution in [0.3, 0.4) is 0 Å². The number of anilines is 1. The standard InChI is InChI=1S/C27H26ClN7O6S2/c1-17-3-5-20(6-4-17)43(38,39)35-24-13-18(19-12-23(26(28)29-14-19)33-42(2,36)37)11-21(22(24)15-30-35)27-32-31-25(41-27)16-34-7-9-40-10-8-34/h3-6,11-15,33H,7-10,16H2,1-2H3. The third-order valence-corrected chi connectivity index (χ3v) is 9.34. The number of pyridine rings is 1. The smallest absolute Gasteiger partial charge is 0.283 e. The van der Waals surface area contributed by atoms with E-state index in [9.17, 15) is 16.8 Å². The summed E-state index contributed by atoms with van der Waals surface area (Å²) in [6.45, 7) is 4.99. The summed E-state index contributed by atoms with van der Waals surface area (Å²) in [7, 11) is -7.76. The fraction of sp³-hybridized carbons (Fsp3) is 0.259. The van der Waals surface area contributed by atoms with Crippen LogP contribution >= 0.6 is 11.6 Å². The number of nitrogens with zero attached hydrogens (tertiary/aromatic N) is 6. The summed E-state index contributed by atoms with van der Waals surface area (Å²) in [6, 6.07) is 11.3. The van der Waals surface area contributed by atoms with Crippen LogP contribution in [0.5, 0.6) is 0 Å². The molecule has 224 valence electrons. The van der Waals surface area contributed by atoms with Crippen molar-refractivity contribution in [2.45, 2.75) is 18.4 Å². The predicted molar refractivity (Wildman–Crippen MR) is 160 cm³/mol. The molecule has 0 bridgehead atoms. The highest BCUT2D eigenvalue weighted by molar-refractivity contribution is 7.92. The van der Waals surface area contributed by atoms with Gasteiger partial charge >= 0.3 is 0 Å². The highest BCUT2D eigenvalue weighted by Crippen LogP contribution is 2.36. The Morgan fingerprint density at radius 2 is 1.72 bits per heavy atom. The number of hydrogen-bond acceptors (Lipinski definition) is 11. The van der Waals surface area contributed by atoms with Crippen LogP contribution in [-0.4, -0.2) is 78.7 Å². The first-order valence-corrected chi connectivity index (χ1v) is 16.8. The Bertz CT molecular complexity index is 2040. The van der Waals surface area contributed by atoms with Gasteiger partial charge < -0.3 is 9.15 Å². The highest BCUT2D eigenvalue weighted by Gasteiger charge is 2.25. The number of benzene rings is 2. The number of fused-ring (bicyclic) bond motifs is 1. The van der Waals surface area contributed by atoms with Gasteiger partial charge in [0, 0.05) is 30.2 Å². The highest BCUT2D eigenvalue weighted by atomic mass is 35.5. The SMILES string of the molecule is Cc1ccc(S(=O)(=O)n2ncc3c(-c4nnc(CN5CCOCC5)o4)cc(-c4cnc(Cl)c(NS(C)(=O)=O)c4)cc32)cc1. The van der Waals surface area contributed by atoms with E-state index in [1.54, 1.807) is 24.3 Å². The van der Waals surface area contributed by atoms with E-state index in [2.05, 4.69) is 29.9 Å². The minimum absolute atomic E-state index is 0.0490. The van der Waals surface area contributed by atoms with Gasteiger partial charge in [-0.1, -0.05) is 29.3 Å². The van der Waals surface area contributed by atoms with Crippen molar-refractivity contribution in [3.05, 3.63) is 71.5 Å². The fourth-order valence-electron chi connectivity index (χ4n) is 4.70. The van der Waals surface area contributed by atoms with Crippen molar-refractivity contribution in [2.75, 3.05) is 37.3 Å². The van der Waals surface area contributed by atoms with Gasteiger partial charge in [0.05, 0.1) is 53.9 Å². The van der Waals surface area contributed by atoms with E-state index in [1.165, 1.54) is 30.6 Å². The van der Waals surface area contributed by atoms with Crippen molar-refractivity contribution in [1.82, 2.24) is 29.3 Å². The normalized spacial score (nSPS) is 14.8. The van der Waals surface area contributed by atoms with Gasteiger partial charge in [-0.15, -0.1) is 10.2 Å². The van der Waals surface area contributed by atoms with E-state index < -0.39 is 20.0 Å². The molecule has 0 aliphatic carbocycles. The Morgan fingerprint density at radius 1 is 0.977 bits per heavy atom. The minimum Gasteiger partial charge on any atom is -0.419 e. The number of nitrogens with one attached hydrogen (secondary N) is 1. The van der Waals surface area contributed by atoms with Gasteiger partial charge in [-0.2, -0.15) is 17.6 Å². The maximum Gasteiger partial charge on any atom is 0.283 e. The second-order valence-corrected chi connectivity index (χ2v) is 14.0. The van der Waals surface area contributed by atoms with Gasteiger partial charge in [0.25, 0.3) is 10.0 Å². The first-order valence-electron chi connectivity index (χ1n) is 13.1. The lowest BCUT2D eigenvalue weighted by molar-refractivity contribution is 0.0306. The van der Waals surface area contributed by atoms with Crippen molar-refractivity contribution in [3.63, 3.8) is 0 Å². The number of rotatable bonds is 8. The number of halogens is 1. The molecule has 1 aliphatic rings. The minimum atomic E-state index is -4.10. The summed E-state index contributed by atoms with van der Waals surface area (Å²) >= 11 is 6.16. The molecular formula is C27H26ClN7O6S2. The molecule has 6 rings (SSSR count). The summed E-state index contributed by atoms with van der Waals surface area (Å²) in [5.41, 5.74) is 2.59. The average Bonchev–Trinajstić information content (AvgIpc) is 3.61. The van der Waals surface area contributed by atoms with Gasteiger partial charge in [0.15, 0.2) is 5.15 Å². The molecule has 1 N–H and O–H groups in total. The zero-order valence-corrected chi connectivity index (χ0v) is 25.4. The lowest BCUT2D eigenvalue weighted by atomic mass is 10.0. The third-order valence-electron chi connectivity index (χ3n) is 6.83. The van der Waals surface area contributed by atoms with Gasteiger partial charge in [-0.25, -0.2) is 13.4 Å². The van der Waals surface area contributed by atoms with Crippen molar-refractivity contribution in [3.8, 4) is 22.6 Å². The van der Waals surface area contributed by atoms with Crippen molar-refractivity contribution in [2.24, 2.45) is 0 Å². The van der Waals surface area contributed by atoms with E-state index in [-0.39, 0.29) is 27.1 Å². The Balaban J connectivity index is 1.51. The summed E-state index contributed by atoms with van der Waals surface area (Å²) in [4.78, 5) is 6.33. The molecule has 1 fully saturated rings. The molecule has 13 nitrogen and oxygen atoms in total. The molecule has 43 heavy (non-hydrogen) atoms. The second kappa shape index (κ2) is 11.3.